The van der Waals surface area contributed by atoms with Gasteiger partial charge in [-0.25, -0.2) is 0 Å². The van der Waals surface area contributed by atoms with Crippen LogP contribution in [-0.2, 0) is 6.42 Å². The van der Waals surface area contributed by atoms with Crippen LogP contribution in [0.3, 0.4) is 0 Å². The highest BCUT2D eigenvalue weighted by Crippen LogP contribution is 2.45. The van der Waals surface area contributed by atoms with E-state index in [1.54, 1.807) is 14.2 Å². The van der Waals surface area contributed by atoms with Crippen molar-refractivity contribution < 1.29 is 19.3 Å². The van der Waals surface area contributed by atoms with E-state index in [2.05, 4.69) is 0 Å². The molecule has 1 saturated carbocycles. The van der Waals surface area contributed by atoms with Crippen molar-refractivity contribution in [2.75, 3.05) is 14.2 Å². The van der Waals surface area contributed by atoms with Gasteiger partial charge in [-0.3, -0.25) is 0 Å². The van der Waals surface area contributed by atoms with Gasteiger partial charge < -0.3 is 19.3 Å². The van der Waals surface area contributed by atoms with Crippen LogP contribution >= 0.6 is 0 Å². The largest absolute Gasteiger partial charge is 0.493 e. The van der Waals surface area contributed by atoms with Crippen LogP contribution in [0, 0.1) is 0 Å². The second kappa shape index (κ2) is 5.29. The van der Waals surface area contributed by atoms with Crippen molar-refractivity contribution >= 4 is 0 Å². The van der Waals surface area contributed by atoms with Crippen LogP contribution in [0.4, 0.5) is 0 Å². The molecule has 1 fully saturated rings. The molecule has 1 aliphatic carbocycles. The standard InChI is InChI=1S/C15H22O4/c1-10(2)19-13-11(9-15(16)7-8-15)5-6-12(17-3)14(13)18-4/h5-6,10,16H,7-9H2,1-4H3. The molecule has 106 valence electrons. The highest BCUT2D eigenvalue weighted by molar-refractivity contribution is 5.56. The van der Waals surface area contributed by atoms with E-state index in [0.717, 1.165) is 18.4 Å². The third kappa shape index (κ3) is 3.13. The molecule has 2 rings (SSSR count). The summed E-state index contributed by atoms with van der Waals surface area (Å²) in [7, 11) is 3.20. The maximum atomic E-state index is 10.1. The van der Waals surface area contributed by atoms with Crippen molar-refractivity contribution in [2.45, 2.75) is 44.8 Å². The second-order valence-electron chi connectivity index (χ2n) is 5.36. The molecule has 0 unspecified atom stereocenters. The van der Waals surface area contributed by atoms with E-state index in [9.17, 15) is 5.11 Å². The van der Waals surface area contributed by atoms with Crippen LogP contribution in [-0.4, -0.2) is 31.0 Å². The van der Waals surface area contributed by atoms with Crippen LogP contribution in [0.25, 0.3) is 0 Å². The maximum Gasteiger partial charge on any atom is 0.203 e. The van der Waals surface area contributed by atoms with Crippen molar-refractivity contribution in [3.8, 4) is 17.2 Å². The number of ether oxygens (including phenoxy) is 3. The van der Waals surface area contributed by atoms with Crippen LogP contribution in [0.5, 0.6) is 17.2 Å². The van der Waals surface area contributed by atoms with E-state index in [1.807, 2.05) is 26.0 Å². The Kier molecular flexibility index (Phi) is 3.90. The van der Waals surface area contributed by atoms with Gasteiger partial charge in [0.2, 0.25) is 5.75 Å². The molecule has 0 amide bonds. The summed E-state index contributed by atoms with van der Waals surface area (Å²) in [6.45, 7) is 3.93. The van der Waals surface area contributed by atoms with Gasteiger partial charge in [0.25, 0.3) is 0 Å². The first-order valence-corrected chi connectivity index (χ1v) is 6.62. The molecule has 1 aliphatic rings. The molecule has 1 aromatic rings. The van der Waals surface area contributed by atoms with Gasteiger partial charge in [-0.1, -0.05) is 6.07 Å². The fourth-order valence-electron chi connectivity index (χ4n) is 2.12. The summed E-state index contributed by atoms with van der Waals surface area (Å²) < 4.78 is 16.6. The van der Waals surface area contributed by atoms with Gasteiger partial charge >= 0.3 is 0 Å². The Morgan fingerprint density at radius 2 is 1.84 bits per heavy atom. The predicted octanol–water partition coefficient (Wildman–Crippen LogP) is 2.56. The summed E-state index contributed by atoms with van der Waals surface area (Å²) in [6.07, 6.45) is 2.33. The third-order valence-corrected chi connectivity index (χ3v) is 3.28. The number of methoxy groups -OCH3 is 2. The van der Waals surface area contributed by atoms with Crippen molar-refractivity contribution in [1.29, 1.82) is 0 Å². The molecule has 0 spiro atoms. The van der Waals surface area contributed by atoms with E-state index in [-0.39, 0.29) is 6.10 Å². The highest BCUT2D eigenvalue weighted by Gasteiger charge is 2.41. The second-order valence-corrected chi connectivity index (χ2v) is 5.36. The van der Waals surface area contributed by atoms with Crippen LogP contribution in [0.1, 0.15) is 32.3 Å². The summed E-state index contributed by atoms with van der Waals surface area (Å²) in [5, 5.41) is 10.1. The Hall–Kier alpha value is -1.42. The summed E-state index contributed by atoms with van der Waals surface area (Å²) in [6, 6.07) is 3.79. The molecule has 1 N–H and O–H groups in total. The first kappa shape index (κ1) is 14.0. The van der Waals surface area contributed by atoms with Crippen molar-refractivity contribution in [1.82, 2.24) is 0 Å². The molecule has 0 aliphatic heterocycles. The van der Waals surface area contributed by atoms with Crippen LogP contribution in [0.2, 0.25) is 0 Å². The number of benzene rings is 1. The van der Waals surface area contributed by atoms with E-state index >= 15 is 0 Å². The Morgan fingerprint density at radius 1 is 1.16 bits per heavy atom. The minimum atomic E-state index is -0.561. The number of hydrogen-bond acceptors (Lipinski definition) is 4. The molecule has 4 heteroatoms. The molecule has 0 aromatic heterocycles. The van der Waals surface area contributed by atoms with Gasteiger partial charge in [-0.2, -0.15) is 0 Å². The SMILES string of the molecule is COc1ccc(CC2(O)CC2)c(OC(C)C)c1OC. The lowest BCUT2D eigenvalue weighted by Gasteiger charge is -2.20. The quantitative estimate of drug-likeness (QED) is 0.859. The zero-order valence-electron chi connectivity index (χ0n) is 12.0. The first-order valence-electron chi connectivity index (χ1n) is 6.62. The van der Waals surface area contributed by atoms with Gasteiger partial charge in [0.05, 0.1) is 25.9 Å². The van der Waals surface area contributed by atoms with E-state index in [1.165, 1.54) is 0 Å². The average Bonchev–Trinajstić information content (AvgIpc) is 3.08. The predicted molar refractivity (Wildman–Crippen MR) is 73.2 cm³/mol. The Labute approximate surface area is 114 Å². The Bertz CT molecular complexity index is 450. The Balaban J connectivity index is 2.40. The average molecular weight is 266 g/mol. The third-order valence-electron chi connectivity index (χ3n) is 3.28. The van der Waals surface area contributed by atoms with E-state index < -0.39 is 5.60 Å². The number of hydrogen-bond donors (Lipinski definition) is 1. The van der Waals surface area contributed by atoms with Crippen molar-refractivity contribution in [3.05, 3.63) is 17.7 Å². The van der Waals surface area contributed by atoms with Crippen LogP contribution in [0.15, 0.2) is 12.1 Å². The minimum absolute atomic E-state index is 0.0357. The summed E-state index contributed by atoms with van der Waals surface area (Å²) >= 11 is 0. The number of rotatable bonds is 6. The fraction of sp³-hybridized carbons (Fsp3) is 0.600. The zero-order chi connectivity index (χ0) is 14.0. The molecule has 0 bridgehead atoms. The molecule has 0 atom stereocenters. The molecular weight excluding hydrogens is 244 g/mol. The lowest BCUT2D eigenvalue weighted by Crippen LogP contribution is -2.15. The molecule has 0 saturated heterocycles. The summed E-state index contributed by atoms with van der Waals surface area (Å²) in [5.74, 6) is 1.92. The molecule has 0 heterocycles. The zero-order valence-corrected chi connectivity index (χ0v) is 12.0. The Morgan fingerprint density at radius 3 is 2.32 bits per heavy atom. The van der Waals surface area contributed by atoms with E-state index in [0.29, 0.717) is 23.7 Å². The van der Waals surface area contributed by atoms with Crippen LogP contribution < -0.4 is 14.2 Å². The molecule has 0 radical (unpaired) electrons. The molecular formula is C15H22O4. The highest BCUT2D eigenvalue weighted by atomic mass is 16.5. The summed E-state index contributed by atoms with van der Waals surface area (Å²) in [4.78, 5) is 0. The van der Waals surface area contributed by atoms with Crippen molar-refractivity contribution in [2.24, 2.45) is 0 Å². The van der Waals surface area contributed by atoms with Gasteiger partial charge in [0.15, 0.2) is 11.5 Å². The monoisotopic (exact) mass is 266 g/mol. The maximum absolute atomic E-state index is 10.1. The van der Waals surface area contributed by atoms with Crippen molar-refractivity contribution in [3.63, 3.8) is 0 Å². The van der Waals surface area contributed by atoms with Gasteiger partial charge in [0.1, 0.15) is 0 Å². The summed E-state index contributed by atoms with van der Waals surface area (Å²) in [5.41, 5.74) is 0.403. The normalized spacial score (nSPS) is 16.3. The fourth-order valence-corrected chi connectivity index (χ4v) is 2.12. The topological polar surface area (TPSA) is 47.9 Å². The molecule has 19 heavy (non-hydrogen) atoms. The van der Waals surface area contributed by atoms with Gasteiger partial charge in [-0.15, -0.1) is 0 Å². The smallest absolute Gasteiger partial charge is 0.203 e. The first-order chi connectivity index (χ1) is 8.99. The lowest BCUT2D eigenvalue weighted by atomic mass is 10.0. The lowest BCUT2D eigenvalue weighted by molar-refractivity contribution is 0.147. The van der Waals surface area contributed by atoms with Gasteiger partial charge in [0, 0.05) is 12.0 Å². The molecule has 1 aromatic carbocycles. The molecule has 4 nitrogen and oxygen atoms in total. The van der Waals surface area contributed by atoms with Gasteiger partial charge in [-0.05, 0) is 32.8 Å². The number of aliphatic hydroxyl groups is 1. The minimum Gasteiger partial charge on any atom is -0.493 e. The van der Waals surface area contributed by atoms with E-state index in [4.69, 9.17) is 14.2 Å².